The normalized spacial score (nSPS) is 36.9. The Kier molecular flexibility index (Phi) is 5.13. The highest BCUT2D eigenvalue weighted by atomic mass is 16.6. The Bertz CT molecular complexity index is 418. The first kappa shape index (κ1) is 17.0. The molecular weight excluding hydrogens is 294 g/mol. The van der Waals surface area contributed by atoms with Gasteiger partial charge in [0, 0.05) is 25.1 Å². The van der Waals surface area contributed by atoms with E-state index in [1.807, 2.05) is 20.8 Å². The highest BCUT2D eigenvalue weighted by Gasteiger charge is 2.54. The quantitative estimate of drug-likeness (QED) is 0.729. The average Bonchev–Trinajstić information content (AvgIpc) is 2.89. The van der Waals surface area contributed by atoms with Crippen LogP contribution in [0.5, 0.6) is 0 Å². The van der Waals surface area contributed by atoms with E-state index in [4.69, 9.17) is 9.47 Å². The third kappa shape index (κ3) is 4.17. The lowest BCUT2D eigenvalue weighted by Gasteiger charge is -2.48. The maximum absolute atomic E-state index is 12.1. The smallest absolute Gasteiger partial charge is 0.407 e. The first-order chi connectivity index (χ1) is 10.9. The number of nitrogens with one attached hydrogen (secondary N) is 3. The number of piperidine rings is 1. The second kappa shape index (κ2) is 6.95. The Balaban J connectivity index is 1.51. The van der Waals surface area contributed by atoms with Crippen molar-refractivity contribution in [1.29, 1.82) is 0 Å². The third-order valence-corrected chi connectivity index (χ3v) is 5.08. The molecule has 2 heterocycles. The number of hydrogen-bond acceptors (Lipinski definition) is 5. The molecule has 5 unspecified atom stereocenters. The predicted molar refractivity (Wildman–Crippen MR) is 88.4 cm³/mol. The van der Waals surface area contributed by atoms with Gasteiger partial charge in [-0.3, -0.25) is 0 Å². The van der Waals surface area contributed by atoms with Crippen molar-refractivity contribution in [2.24, 2.45) is 5.92 Å². The van der Waals surface area contributed by atoms with Crippen molar-refractivity contribution in [2.45, 2.75) is 76.3 Å². The molecular formula is C17H31N3O3. The van der Waals surface area contributed by atoms with E-state index in [0.717, 1.165) is 26.1 Å². The first-order valence-corrected chi connectivity index (χ1v) is 9.02. The van der Waals surface area contributed by atoms with E-state index in [1.54, 1.807) is 0 Å². The number of alkyl carbamates (subject to hydrolysis) is 1. The summed E-state index contributed by atoms with van der Waals surface area (Å²) in [5, 5.41) is 10.2. The molecule has 23 heavy (non-hydrogen) atoms. The molecule has 6 nitrogen and oxygen atoms in total. The zero-order chi connectivity index (χ0) is 16.4. The largest absolute Gasteiger partial charge is 0.444 e. The van der Waals surface area contributed by atoms with E-state index in [9.17, 15) is 4.79 Å². The van der Waals surface area contributed by atoms with Gasteiger partial charge in [0.2, 0.25) is 0 Å². The van der Waals surface area contributed by atoms with Gasteiger partial charge in [0.25, 0.3) is 0 Å². The monoisotopic (exact) mass is 325 g/mol. The SMILES string of the molecule is CC(C)(C)OC(=O)NC1C2CCOC2C1NCC1CCCCN1. The van der Waals surface area contributed by atoms with Gasteiger partial charge < -0.3 is 25.4 Å². The van der Waals surface area contributed by atoms with E-state index < -0.39 is 5.60 Å². The molecule has 0 spiro atoms. The highest BCUT2D eigenvalue weighted by molar-refractivity contribution is 5.68. The summed E-state index contributed by atoms with van der Waals surface area (Å²) in [7, 11) is 0. The second-order valence-corrected chi connectivity index (χ2v) is 8.04. The minimum absolute atomic E-state index is 0.112. The lowest BCUT2D eigenvalue weighted by molar-refractivity contribution is -0.0345. The summed E-state index contributed by atoms with van der Waals surface area (Å²) in [6.45, 7) is 8.50. The van der Waals surface area contributed by atoms with Crippen LogP contribution >= 0.6 is 0 Å². The van der Waals surface area contributed by atoms with Crippen molar-refractivity contribution in [3.05, 3.63) is 0 Å². The van der Waals surface area contributed by atoms with Crippen LogP contribution in [0.4, 0.5) is 4.79 Å². The van der Waals surface area contributed by atoms with Crippen LogP contribution < -0.4 is 16.0 Å². The van der Waals surface area contributed by atoms with Gasteiger partial charge in [-0.1, -0.05) is 6.42 Å². The first-order valence-electron chi connectivity index (χ1n) is 9.02. The molecule has 1 aliphatic carbocycles. The number of hydrogen-bond donors (Lipinski definition) is 3. The molecule has 0 bridgehead atoms. The van der Waals surface area contributed by atoms with Crippen LogP contribution in [0.1, 0.15) is 46.5 Å². The van der Waals surface area contributed by atoms with E-state index in [1.165, 1.54) is 19.3 Å². The highest BCUT2D eigenvalue weighted by Crippen LogP contribution is 2.39. The summed E-state index contributed by atoms with van der Waals surface area (Å²) in [5.74, 6) is 0.416. The Hall–Kier alpha value is -0.850. The molecule has 3 aliphatic rings. The molecule has 1 saturated carbocycles. The molecule has 2 aliphatic heterocycles. The standard InChI is InChI=1S/C17H31N3O3/c1-17(2,3)23-16(21)20-13-12-7-9-22-15(12)14(13)19-10-11-6-4-5-8-18-11/h11-15,18-19H,4-10H2,1-3H3,(H,20,21). The molecule has 3 rings (SSSR count). The van der Waals surface area contributed by atoms with Crippen molar-refractivity contribution in [2.75, 3.05) is 19.7 Å². The molecule has 5 atom stereocenters. The lowest BCUT2D eigenvalue weighted by Crippen LogP contribution is -2.71. The molecule has 132 valence electrons. The maximum atomic E-state index is 12.1. The van der Waals surface area contributed by atoms with Crippen LogP contribution in [-0.4, -0.2) is 55.6 Å². The minimum atomic E-state index is -0.464. The van der Waals surface area contributed by atoms with Gasteiger partial charge in [0.15, 0.2) is 0 Å². The topological polar surface area (TPSA) is 71.6 Å². The van der Waals surface area contributed by atoms with Crippen LogP contribution in [-0.2, 0) is 9.47 Å². The summed E-state index contributed by atoms with van der Waals surface area (Å²) < 4.78 is 11.2. The number of fused-ring (bicyclic) bond motifs is 1. The second-order valence-electron chi connectivity index (χ2n) is 8.04. The van der Waals surface area contributed by atoms with Crippen LogP contribution in [0.3, 0.4) is 0 Å². The van der Waals surface area contributed by atoms with Gasteiger partial charge in [0.05, 0.1) is 18.2 Å². The molecule has 6 heteroatoms. The fraction of sp³-hybridized carbons (Fsp3) is 0.941. The fourth-order valence-electron chi connectivity index (χ4n) is 3.97. The molecule has 0 aromatic carbocycles. The van der Waals surface area contributed by atoms with Gasteiger partial charge in [-0.2, -0.15) is 0 Å². The summed E-state index contributed by atoms with van der Waals surface area (Å²) in [6, 6.07) is 0.839. The Morgan fingerprint density at radius 3 is 2.78 bits per heavy atom. The number of carbonyl (C=O) groups is 1. The van der Waals surface area contributed by atoms with Crippen molar-refractivity contribution in [3.63, 3.8) is 0 Å². The molecule has 2 saturated heterocycles. The number of ether oxygens (including phenoxy) is 2. The molecule has 0 radical (unpaired) electrons. The maximum Gasteiger partial charge on any atom is 0.407 e. The number of carbonyl (C=O) groups excluding carboxylic acids is 1. The van der Waals surface area contributed by atoms with Gasteiger partial charge in [-0.15, -0.1) is 0 Å². The summed E-state index contributed by atoms with van der Waals surface area (Å²) in [5.41, 5.74) is -0.464. The molecule has 0 aromatic rings. The van der Waals surface area contributed by atoms with Crippen LogP contribution in [0.2, 0.25) is 0 Å². The van der Waals surface area contributed by atoms with Crippen LogP contribution in [0, 0.1) is 5.92 Å². The minimum Gasteiger partial charge on any atom is -0.444 e. The molecule has 1 amide bonds. The number of amides is 1. The summed E-state index contributed by atoms with van der Waals surface area (Å²) >= 11 is 0. The average molecular weight is 325 g/mol. The Morgan fingerprint density at radius 2 is 2.09 bits per heavy atom. The molecule has 3 fully saturated rings. The summed E-state index contributed by atoms with van der Waals surface area (Å²) in [4.78, 5) is 12.1. The van der Waals surface area contributed by atoms with Crippen LogP contribution in [0.15, 0.2) is 0 Å². The van der Waals surface area contributed by atoms with E-state index in [2.05, 4.69) is 16.0 Å². The van der Waals surface area contributed by atoms with Crippen molar-refractivity contribution in [1.82, 2.24) is 16.0 Å². The van der Waals surface area contributed by atoms with Crippen molar-refractivity contribution in [3.8, 4) is 0 Å². The third-order valence-electron chi connectivity index (χ3n) is 5.08. The van der Waals surface area contributed by atoms with Gasteiger partial charge >= 0.3 is 6.09 Å². The Morgan fingerprint density at radius 1 is 1.26 bits per heavy atom. The Labute approximate surface area is 139 Å². The zero-order valence-electron chi connectivity index (χ0n) is 14.6. The fourth-order valence-corrected chi connectivity index (χ4v) is 3.97. The zero-order valence-corrected chi connectivity index (χ0v) is 14.6. The lowest BCUT2D eigenvalue weighted by atomic mass is 9.71. The molecule has 3 N–H and O–H groups in total. The van der Waals surface area contributed by atoms with Crippen LogP contribution in [0.25, 0.3) is 0 Å². The van der Waals surface area contributed by atoms with Gasteiger partial charge in [-0.05, 0) is 46.6 Å². The molecule has 0 aromatic heterocycles. The van der Waals surface area contributed by atoms with Crippen molar-refractivity contribution >= 4 is 6.09 Å². The van der Waals surface area contributed by atoms with E-state index >= 15 is 0 Å². The summed E-state index contributed by atoms with van der Waals surface area (Å²) in [6.07, 6.45) is 4.72. The number of rotatable bonds is 4. The van der Waals surface area contributed by atoms with Gasteiger partial charge in [0.1, 0.15) is 5.60 Å². The van der Waals surface area contributed by atoms with Crippen molar-refractivity contribution < 1.29 is 14.3 Å². The van der Waals surface area contributed by atoms with E-state index in [0.29, 0.717) is 12.0 Å². The van der Waals surface area contributed by atoms with E-state index in [-0.39, 0.29) is 24.3 Å². The predicted octanol–water partition coefficient (Wildman–Crippen LogP) is 1.40. The van der Waals surface area contributed by atoms with Gasteiger partial charge in [-0.25, -0.2) is 4.79 Å².